The number of anilines is 1. The molecule has 1 saturated heterocycles. The topological polar surface area (TPSA) is 66.5 Å². The fourth-order valence-corrected chi connectivity index (χ4v) is 7.99. The smallest absolute Gasteiger partial charge is 0.235 e. The van der Waals surface area contributed by atoms with E-state index in [1.807, 2.05) is 80.6 Å². The van der Waals surface area contributed by atoms with Crippen LogP contribution >= 0.6 is 23.2 Å². The molecule has 0 unspecified atom stereocenters. The lowest BCUT2D eigenvalue weighted by Gasteiger charge is -2.54. The number of para-hydroxylation sites is 1. The summed E-state index contributed by atoms with van der Waals surface area (Å²) in [6, 6.07) is 21.2. The Bertz CT molecular complexity index is 1380. The van der Waals surface area contributed by atoms with E-state index in [-0.39, 0.29) is 24.3 Å². The molecule has 0 spiro atoms. The number of rotatable bonds is 7. The third-order valence-corrected chi connectivity index (χ3v) is 9.99. The highest BCUT2D eigenvalue weighted by Crippen LogP contribution is 2.69. The minimum absolute atomic E-state index is 0.0352. The standard InChI is InChI=1S/C32H30Cl2N2O3/c1-19-11-10-12-20(2)28(19)35-25(37)17-4-3-9-18-36-29(38)26-27(30(36)39)32(34)22-14-6-5-13-21(22)31(26,33)23-15-7-8-16-24(23)32/h5-8,10-16,26-27H,3-4,9,17-18H2,1-2H3,(H,35,37)/t26-,27-,31?,32?/m1/s1. The molecule has 1 fully saturated rings. The Morgan fingerprint density at radius 3 is 1.67 bits per heavy atom. The molecule has 4 aliphatic rings. The van der Waals surface area contributed by atoms with E-state index in [2.05, 4.69) is 5.32 Å². The second-order valence-electron chi connectivity index (χ2n) is 10.9. The third kappa shape index (κ3) is 3.70. The van der Waals surface area contributed by atoms with Crippen molar-refractivity contribution in [3.63, 3.8) is 0 Å². The number of unbranched alkanes of at least 4 members (excludes halogenated alkanes) is 2. The number of benzene rings is 3. The van der Waals surface area contributed by atoms with Crippen LogP contribution in [0.15, 0.2) is 66.7 Å². The highest BCUT2D eigenvalue weighted by Gasteiger charge is 2.72. The van der Waals surface area contributed by atoms with Gasteiger partial charge in [0.2, 0.25) is 17.7 Å². The molecule has 5 nitrogen and oxygen atoms in total. The van der Waals surface area contributed by atoms with E-state index < -0.39 is 21.6 Å². The van der Waals surface area contributed by atoms with Crippen molar-refractivity contribution in [2.75, 3.05) is 11.9 Å². The summed E-state index contributed by atoms with van der Waals surface area (Å²) < 4.78 is 0. The molecule has 1 heterocycles. The molecule has 0 radical (unpaired) electrons. The van der Waals surface area contributed by atoms with Gasteiger partial charge in [0, 0.05) is 18.7 Å². The monoisotopic (exact) mass is 560 g/mol. The molecule has 3 aromatic carbocycles. The van der Waals surface area contributed by atoms with E-state index in [0.717, 1.165) is 39.1 Å². The van der Waals surface area contributed by atoms with Crippen molar-refractivity contribution in [3.05, 3.63) is 100 Å². The molecular weight excluding hydrogens is 531 g/mol. The van der Waals surface area contributed by atoms with Crippen LogP contribution in [-0.2, 0) is 24.1 Å². The van der Waals surface area contributed by atoms with Crippen LogP contribution in [0, 0.1) is 25.7 Å². The van der Waals surface area contributed by atoms with Gasteiger partial charge in [-0.3, -0.25) is 19.3 Å². The lowest BCUT2D eigenvalue weighted by atomic mass is 9.54. The maximum absolute atomic E-state index is 13.8. The van der Waals surface area contributed by atoms with E-state index in [4.69, 9.17) is 23.2 Å². The van der Waals surface area contributed by atoms with Gasteiger partial charge in [0.05, 0.1) is 11.8 Å². The van der Waals surface area contributed by atoms with Crippen LogP contribution in [0.1, 0.15) is 59.1 Å². The highest BCUT2D eigenvalue weighted by molar-refractivity contribution is 6.36. The highest BCUT2D eigenvalue weighted by atomic mass is 35.5. The number of carbonyl (C=O) groups is 3. The molecule has 7 heteroatoms. The first-order valence-electron chi connectivity index (χ1n) is 13.5. The van der Waals surface area contributed by atoms with Crippen LogP contribution in [-0.4, -0.2) is 29.2 Å². The number of aryl methyl sites for hydroxylation is 2. The number of hydrogen-bond donors (Lipinski definition) is 1. The first kappa shape index (κ1) is 26.1. The van der Waals surface area contributed by atoms with E-state index in [1.165, 1.54) is 4.90 Å². The van der Waals surface area contributed by atoms with Crippen LogP contribution < -0.4 is 5.32 Å². The Balaban J connectivity index is 1.16. The van der Waals surface area contributed by atoms with Crippen molar-refractivity contribution < 1.29 is 14.4 Å². The van der Waals surface area contributed by atoms with E-state index >= 15 is 0 Å². The van der Waals surface area contributed by atoms with Gasteiger partial charge in [-0.25, -0.2) is 0 Å². The molecular formula is C32H30Cl2N2O3. The van der Waals surface area contributed by atoms with E-state index in [0.29, 0.717) is 25.7 Å². The molecule has 3 aromatic rings. The zero-order chi connectivity index (χ0) is 27.5. The van der Waals surface area contributed by atoms with E-state index in [1.54, 1.807) is 0 Å². The molecule has 7 rings (SSSR count). The summed E-state index contributed by atoms with van der Waals surface area (Å²) in [6.07, 6.45) is 2.36. The van der Waals surface area contributed by atoms with Crippen LogP contribution in [0.5, 0.6) is 0 Å². The zero-order valence-electron chi connectivity index (χ0n) is 22.0. The molecule has 1 N–H and O–H groups in total. The van der Waals surface area contributed by atoms with Gasteiger partial charge in [-0.15, -0.1) is 23.2 Å². The normalized spacial score (nSPS) is 26.3. The van der Waals surface area contributed by atoms with Crippen molar-refractivity contribution >= 4 is 46.6 Å². The number of alkyl halides is 2. The van der Waals surface area contributed by atoms with Crippen LogP contribution in [0.2, 0.25) is 0 Å². The molecule has 39 heavy (non-hydrogen) atoms. The Morgan fingerprint density at radius 1 is 0.744 bits per heavy atom. The Kier molecular flexibility index (Phi) is 6.35. The molecule has 0 aromatic heterocycles. The number of amides is 3. The Hall–Kier alpha value is -3.15. The number of carbonyl (C=O) groups excluding carboxylic acids is 3. The Morgan fingerprint density at radius 2 is 1.21 bits per heavy atom. The zero-order valence-corrected chi connectivity index (χ0v) is 23.5. The van der Waals surface area contributed by atoms with Crippen molar-refractivity contribution in [2.24, 2.45) is 11.8 Å². The first-order valence-corrected chi connectivity index (χ1v) is 14.3. The van der Waals surface area contributed by atoms with Crippen LogP contribution in [0.4, 0.5) is 5.69 Å². The average molecular weight is 562 g/mol. The molecule has 3 aliphatic carbocycles. The quantitative estimate of drug-likeness (QED) is 0.206. The molecule has 0 saturated carbocycles. The summed E-state index contributed by atoms with van der Waals surface area (Å²) in [7, 11) is 0. The van der Waals surface area contributed by atoms with Gasteiger partial charge in [0.15, 0.2) is 0 Å². The predicted octanol–water partition coefficient (Wildman–Crippen LogP) is 6.40. The van der Waals surface area contributed by atoms with Gasteiger partial charge in [0.1, 0.15) is 9.75 Å². The maximum atomic E-state index is 13.8. The van der Waals surface area contributed by atoms with Gasteiger partial charge in [-0.05, 0) is 60.1 Å². The van der Waals surface area contributed by atoms with Gasteiger partial charge in [-0.1, -0.05) is 73.2 Å². The molecule has 1 aliphatic heterocycles. The summed E-state index contributed by atoms with van der Waals surface area (Å²) in [5, 5.41) is 3.01. The fraction of sp³-hybridized carbons (Fsp3) is 0.344. The molecule has 2 bridgehead atoms. The van der Waals surface area contributed by atoms with Gasteiger partial charge >= 0.3 is 0 Å². The van der Waals surface area contributed by atoms with E-state index in [9.17, 15) is 14.4 Å². The van der Waals surface area contributed by atoms with Gasteiger partial charge < -0.3 is 5.32 Å². The van der Waals surface area contributed by atoms with Crippen molar-refractivity contribution in [3.8, 4) is 0 Å². The second-order valence-corrected chi connectivity index (χ2v) is 12.1. The largest absolute Gasteiger partial charge is 0.326 e. The Labute approximate surface area is 238 Å². The van der Waals surface area contributed by atoms with Crippen molar-refractivity contribution in [1.29, 1.82) is 0 Å². The van der Waals surface area contributed by atoms with Gasteiger partial charge in [-0.2, -0.15) is 0 Å². The third-order valence-electron chi connectivity index (χ3n) is 8.71. The number of imide groups is 1. The summed E-state index contributed by atoms with van der Waals surface area (Å²) >= 11 is 14.9. The summed E-state index contributed by atoms with van der Waals surface area (Å²) in [6.45, 7) is 4.24. The van der Waals surface area contributed by atoms with Crippen molar-refractivity contribution in [1.82, 2.24) is 4.90 Å². The second kappa shape index (κ2) is 9.50. The lowest BCUT2D eigenvalue weighted by molar-refractivity contribution is -0.140. The SMILES string of the molecule is Cc1cccc(C)c1NC(=O)CCCCCN1C(=O)[C@H]2[C@H](C1=O)C1(Cl)c3ccccc3C2(Cl)c2ccccc21. The fourth-order valence-electron chi connectivity index (χ4n) is 6.89. The minimum Gasteiger partial charge on any atom is -0.326 e. The number of hydrogen-bond acceptors (Lipinski definition) is 3. The summed E-state index contributed by atoms with van der Waals surface area (Å²) in [4.78, 5) is 39.3. The number of nitrogens with zero attached hydrogens (tertiary/aromatic N) is 1. The minimum atomic E-state index is -1.15. The molecule has 3 amide bonds. The molecule has 2 atom stereocenters. The van der Waals surface area contributed by atoms with Crippen LogP contribution in [0.3, 0.4) is 0 Å². The summed E-state index contributed by atoms with van der Waals surface area (Å²) in [5.74, 6) is -2.09. The van der Waals surface area contributed by atoms with Gasteiger partial charge in [0.25, 0.3) is 0 Å². The molecule has 200 valence electrons. The first-order chi connectivity index (χ1) is 18.7. The maximum Gasteiger partial charge on any atom is 0.235 e. The number of likely N-dealkylation sites (tertiary alicyclic amines) is 1. The lowest BCUT2D eigenvalue weighted by Crippen LogP contribution is -2.57. The predicted molar refractivity (Wildman–Crippen MR) is 153 cm³/mol. The van der Waals surface area contributed by atoms with Crippen LogP contribution in [0.25, 0.3) is 0 Å². The average Bonchev–Trinajstić information content (AvgIpc) is 3.19. The summed E-state index contributed by atoms with van der Waals surface area (Å²) in [5.41, 5.74) is 6.14. The van der Waals surface area contributed by atoms with Crippen molar-refractivity contribution in [2.45, 2.75) is 49.3 Å². The number of halogens is 2. The number of nitrogens with one attached hydrogen (secondary N) is 1.